The summed E-state index contributed by atoms with van der Waals surface area (Å²) in [5.74, 6) is 0.126. The van der Waals surface area contributed by atoms with Gasteiger partial charge < -0.3 is 19.7 Å². The average molecular weight is 594 g/mol. The molecule has 42 heavy (non-hydrogen) atoms. The van der Waals surface area contributed by atoms with Crippen molar-refractivity contribution in [2.24, 2.45) is 0 Å². The predicted octanol–water partition coefficient (Wildman–Crippen LogP) is 4.09. The number of carbonyl (C=O) groups is 2. The normalized spacial score (nSPS) is 14.0. The summed E-state index contributed by atoms with van der Waals surface area (Å²) in [5.41, 5.74) is 2.99. The van der Waals surface area contributed by atoms with Crippen LogP contribution >= 0.6 is 0 Å². The van der Waals surface area contributed by atoms with Gasteiger partial charge in [-0.1, -0.05) is 61.5 Å². The maximum Gasteiger partial charge on any atom is 0.244 e. The SMILES string of the molecule is CC[C@H](C)NC(=O)[C@H](Cc1ccccc1)N(Cc1ccccc1C)C(=O)CN(c1ccc2c(c1)OCCO2)S(C)(=O)=O. The van der Waals surface area contributed by atoms with E-state index in [0.717, 1.165) is 33.7 Å². The molecule has 0 saturated carbocycles. The highest BCUT2D eigenvalue weighted by Crippen LogP contribution is 2.35. The van der Waals surface area contributed by atoms with Crippen molar-refractivity contribution in [1.82, 2.24) is 10.2 Å². The summed E-state index contributed by atoms with van der Waals surface area (Å²) in [6.45, 7) is 6.22. The maximum absolute atomic E-state index is 14.3. The van der Waals surface area contributed by atoms with Crippen molar-refractivity contribution in [1.29, 1.82) is 0 Å². The quantitative estimate of drug-likeness (QED) is 0.339. The Kier molecular flexibility index (Phi) is 10.1. The van der Waals surface area contributed by atoms with Crippen LogP contribution in [0.4, 0.5) is 5.69 Å². The first kappa shape index (κ1) is 30.9. The van der Waals surface area contributed by atoms with E-state index in [2.05, 4.69) is 5.32 Å². The van der Waals surface area contributed by atoms with Crippen LogP contribution in [0.5, 0.6) is 11.5 Å². The fraction of sp³-hybridized carbons (Fsp3) is 0.375. The molecule has 0 saturated heterocycles. The van der Waals surface area contributed by atoms with Crippen molar-refractivity contribution < 1.29 is 27.5 Å². The van der Waals surface area contributed by atoms with E-state index in [1.54, 1.807) is 18.2 Å². The van der Waals surface area contributed by atoms with Gasteiger partial charge in [-0.05, 0) is 49.1 Å². The Morgan fingerprint density at radius 3 is 2.29 bits per heavy atom. The molecule has 0 unspecified atom stereocenters. The van der Waals surface area contributed by atoms with Crippen LogP contribution in [-0.4, -0.2) is 63.2 Å². The van der Waals surface area contributed by atoms with Crippen molar-refractivity contribution >= 4 is 27.5 Å². The predicted molar refractivity (Wildman–Crippen MR) is 163 cm³/mol. The van der Waals surface area contributed by atoms with E-state index in [1.165, 1.54) is 4.90 Å². The number of fused-ring (bicyclic) bond motifs is 1. The summed E-state index contributed by atoms with van der Waals surface area (Å²) < 4.78 is 38.4. The second-order valence-corrected chi connectivity index (χ2v) is 12.5. The Bertz CT molecular complexity index is 1500. The lowest BCUT2D eigenvalue weighted by Gasteiger charge is -2.34. The highest BCUT2D eigenvalue weighted by molar-refractivity contribution is 7.92. The number of carbonyl (C=O) groups excluding carboxylic acids is 2. The number of hydrogen-bond donors (Lipinski definition) is 1. The number of nitrogens with zero attached hydrogens (tertiary/aromatic N) is 2. The lowest BCUT2D eigenvalue weighted by atomic mass is 10.0. The van der Waals surface area contributed by atoms with Crippen LogP contribution in [0, 0.1) is 6.92 Å². The van der Waals surface area contributed by atoms with Gasteiger partial charge in [0.05, 0.1) is 11.9 Å². The molecule has 2 amide bonds. The molecule has 9 nitrogen and oxygen atoms in total. The van der Waals surface area contributed by atoms with Crippen molar-refractivity contribution in [2.75, 3.05) is 30.3 Å². The van der Waals surface area contributed by atoms with Gasteiger partial charge in [0.1, 0.15) is 25.8 Å². The van der Waals surface area contributed by atoms with E-state index in [4.69, 9.17) is 9.47 Å². The van der Waals surface area contributed by atoms with Crippen LogP contribution in [0.3, 0.4) is 0 Å². The highest BCUT2D eigenvalue weighted by Gasteiger charge is 2.34. The molecule has 1 aliphatic rings. The number of benzene rings is 3. The minimum atomic E-state index is -3.89. The zero-order chi connectivity index (χ0) is 30.3. The molecule has 10 heteroatoms. The molecule has 2 atom stereocenters. The number of nitrogens with one attached hydrogen (secondary N) is 1. The van der Waals surface area contributed by atoms with Crippen molar-refractivity contribution in [2.45, 2.75) is 52.2 Å². The van der Waals surface area contributed by atoms with Gasteiger partial charge >= 0.3 is 0 Å². The first-order chi connectivity index (χ1) is 20.1. The Morgan fingerprint density at radius 2 is 1.62 bits per heavy atom. The van der Waals surface area contributed by atoms with Gasteiger partial charge in [-0.15, -0.1) is 0 Å². The number of amides is 2. The molecule has 0 fully saturated rings. The lowest BCUT2D eigenvalue weighted by molar-refractivity contribution is -0.140. The average Bonchev–Trinajstić information content (AvgIpc) is 2.98. The molecule has 3 aromatic carbocycles. The summed E-state index contributed by atoms with van der Waals surface area (Å²) >= 11 is 0. The van der Waals surface area contributed by atoms with Crippen LogP contribution in [-0.2, 0) is 32.6 Å². The molecular weight excluding hydrogens is 554 g/mol. The van der Waals surface area contributed by atoms with Crippen LogP contribution in [0.2, 0.25) is 0 Å². The number of anilines is 1. The minimum absolute atomic E-state index is 0.101. The maximum atomic E-state index is 14.3. The summed E-state index contributed by atoms with van der Waals surface area (Å²) in [5, 5.41) is 3.04. The number of rotatable bonds is 12. The van der Waals surface area contributed by atoms with Gasteiger partial charge in [-0.3, -0.25) is 13.9 Å². The van der Waals surface area contributed by atoms with Crippen LogP contribution in [0.1, 0.15) is 37.0 Å². The van der Waals surface area contributed by atoms with E-state index >= 15 is 0 Å². The number of hydrogen-bond acceptors (Lipinski definition) is 6. The summed E-state index contributed by atoms with van der Waals surface area (Å²) in [6, 6.07) is 21.0. The molecule has 0 bridgehead atoms. The smallest absolute Gasteiger partial charge is 0.244 e. The summed E-state index contributed by atoms with van der Waals surface area (Å²) in [7, 11) is -3.89. The third kappa shape index (κ3) is 7.82. The van der Waals surface area contributed by atoms with Gasteiger partial charge in [0, 0.05) is 25.1 Å². The molecule has 3 aromatic rings. The molecule has 1 heterocycles. The van der Waals surface area contributed by atoms with E-state index in [0.29, 0.717) is 24.7 Å². The zero-order valence-corrected chi connectivity index (χ0v) is 25.4. The fourth-order valence-electron chi connectivity index (χ4n) is 4.77. The molecule has 0 spiro atoms. The van der Waals surface area contributed by atoms with E-state index in [9.17, 15) is 18.0 Å². The number of ether oxygens (including phenoxy) is 2. The number of sulfonamides is 1. The van der Waals surface area contributed by atoms with Crippen molar-refractivity contribution in [3.8, 4) is 11.5 Å². The molecule has 224 valence electrons. The van der Waals surface area contributed by atoms with Crippen LogP contribution < -0.4 is 19.1 Å². The Hall–Kier alpha value is -4.05. The third-order valence-corrected chi connectivity index (χ3v) is 8.51. The van der Waals surface area contributed by atoms with Gasteiger partial charge in [-0.2, -0.15) is 0 Å². The lowest BCUT2D eigenvalue weighted by Crippen LogP contribution is -2.54. The van der Waals surface area contributed by atoms with Gasteiger partial charge in [0.15, 0.2) is 11.5 Å². The van der Waals surface area contributed by atoms with Gasteiger partial charge in [-0.25, -0.2) is 8.42 Å². The molecule has 1 aliphatic heterocycles. The molecule has 4 rings (SSSR count). The standard InChI is InChI=1S/C32H39N3O6S/c1-5-24(3)33-32(37)28(19-25-12-7-6-8-13-25)34(21-26-14-10-9-11-23(26)2)31(36)22-35(42(4,38)39)27-15-16-29-30(20-27)41-18-17-40-29/h6-16,20,24,28H,5,17-19,21-22H2,1-4H3,(H,33,37)/t24-,28-/m0/s1. The van der Waals surface area contributed by atoms with Crippen molar-refractivity contribution in [3.63, 3.8) is 0 Å². The fourth-order valence-corrected chi connectivity index (χ4v) is 5.61. The Labute approximate surface area is 248 Å². The Morgan fingerprint density at radius 1 is 0.952 bits per heavy atom. The first-order valence-corrected chi connectivity index (χ1v) is 16.0. The third-order valence-electron chi connectivity index (χ3n) is 7.37. The second kappa shape index (κ2) is 13.7. The Balaban J connectivity index is 1.74. The molecule has 1 N–H and O–H groups in total. The van der Waals surface area contributed by atoms with Gasteiger partial charge in [0.25, 0.3) is 0 Å². The number of aryl methyl sites for hydroxylation is 1. The summed E-state index contributed by atoms with van der Waals surface area (Å²) in [6.07, 6.45) is 2.05. The van der Waals surface area contributed by atoms with Crippen molar-refractivity contribution in [3.05, 3.63) is 89.5 Å². The van der Waals surface area contributed by atoms with E-state index < -0.39 is 28.5 Å². The molecule has 0 aliphatic carbocycles. The first-order valence-electron chi connectivity index (χ1n) is 14.1. The second-order valence-electron chi connectivity index (χ2n) is 10.6. The monoisotopic (exact) mass is 593 g/mol. The largest absolute Gasteiger partial charge is 0.486 e. The summed E-state index contributed by atoms with van der Waals surface area (Å²) in [4.78, 5) is 29.5. The molecular formula is C32H39N3O6S. The highest BCUT2D eigenvalue weighted by atomic mass is 32.2. The van der Waals surface area contributed by atoms with Crippen LogP contribution in [0.25, 0.3) is 0 Å². The van der Waals surface area contributed by atoms with E-state index in [-0.39, 0.29) is 30.6 Å². The minimum Gasteiger partial charge on any atom is -0.486 e. The van der Waals surface area contributed by atoms with Gasteiger partial charge in [0.2, 0.25) is 21.8 Å². The zero-order valence-electron chi connectivity index (χ0n) is 24.6. The molecule has 0 aromatic heterocycles. The topological polar surface area (TPSA) is 105 Å². The molecule has 0 radical (unpaired) electrons. The van der Waals surface area contributed by atoms with Crippen LogP contribution in [0.15, 0.2) is 72.8 Å². The van der Waals surface area contributed by atoms with E-state index in [1.807, 2.05) is 75.4 Å².